The zero-order chi connectivity index (χ0) is 20.9. The number of ether oxygens (including phenoxy) is 3. The summed E-state index contributed by atoms with van der Waals surface area (Å²) in [4.78, 5) is 12.5. The zero-order valence-electron chi connectivity index (χ0n) is 17.8. The Morgan fingerprint density at radius 2 is 1.39 bits per heavy atom. The Hall–Kier alpha value is -2.75. The molecule has 2 aromatic carbocycles. The van der Waals surface area contributed by atoms with Gasteiger partial charge in [0.25, 0.3) is 0 Å². The van der Waals surface area contributed by atoms with Crippen LogP contribution in [-0.4, -0.2) is 24.1 Å². The predicted molar refractivity (Wildman–Crippen MR) is 114 cm³/mol. The standard InChI is InChI=1S/C24H30O4/c1-23(2,3)27-20-13-15-22(28-24(4,5)6)18(16-20)10-14-21(25)17-8-11-19(26-7)12-9-17/h8-16H,1-7H3. The van der Waals surface area contributed by atoms with E-state index in [0.29, 0.717) is 17.1 Å². The Balaban J connectivity index is 2.31. The van der Waals surface area contributed by atoms with Crippen molar-refractivity contribution in [1.29, 1.82) is 0 Å². The molecule has 0 heterocycles. The van der Waals surface area contributed by atoms with Gasteiger partial charge in [0.1, 0.15) is 28.5 Å². The first-order valence-electron chi connectivity index (χ1n) is 9.35. The third kappa shape index (κ3) is 6.76. The molecule has 0 aliphatic carbocycles. The van der Waals surface area contributed by atoms with E-state index in [4.69, 9.17) is 14.2 Å². The molecule has 4 nitrogen and oxygen atoms in total. The molecule has 0 fully saturated rings. The lowest BCUT2D eigenvalue weighted by molar-refractivity contribution is 0.104. The van der Waals surface area contributed by atoms with Crippen LogP contribution < -0.4 is 14.2 Å². The van der Waals surface area contributed by atoms with Gasteiger partial charge in [-0.25, -0.2) is 0 Å². The molecule has 0 aromatic heterocycles. The highest BCUT2D eigenvalue weighted by Gasteiger charge is 2.17. The van der Waals surface area contributed by atoms with E-state index < -0.39 is 0 Å². The topological polar surface area (TPSA) is 44.8 Å². The van der Waals surface area contributed by atoms with Crippen LogP contribution in [0.2, 0.25) is 0 Å². The summed E-state index contributed by atoms with van der Waals surface area (Å²) in [5, 5.41) is 0. The summed E-state index contributed by atoms with van der Waals surface area (Å²) < 4.78 is 17.1. The summed E-state index contributed by atoms with van der Waals surface area (Å²) in [6.07, 6.45) is 3.32. The normalized spacial score (nSPS) is 12.1. The fourth-order valence-electron chi connectivity index (χ4n) is 2.51. The van der Waals surface area contributed by atoms with Crippen LogP contribution >= 0.6 is 0 Å². The van der Waals surface area contributed by atoms with Crippen molar-refractivity contribution in [3.8, 4) is 17.2 Å². The summed E-state index contributed by atoms with van der Waals surface area (Å²) >= 11 is 0. The SMILES string of the molecule is COc1ccc(C(=O)C=Cc2cc(OC(C)(C)C)ccc2OC(C)(C)C)cc1. The van der Waals surface area contributed by atoms with E-state index in [1.165, 1.54) is 0 Å². The number of allylic oxidation sites excluding steroid dienone is 1. The number of rotatable bonds is 6. The molecule has 0 aliphatic heterocycles. The molecule has 2 rings (SSSR count). The van der Waals surface area contributed by atoms with Gasteiger partial charge in [-0.15, -0.1) is 0 Å². The number of hydrogen-bond donors (Lipinski definition) is 0. The smallest absolute Gasteiger partial charge is 0.185 e. The van der Waals surface area contributed by atoms with Gasteiger partial charge in [-0.05, 0) is 96.2 Å². The molecule has 28 heavy (non-hydrogen) atoms. The van der Waals surface area contributed by atoms with Crippen LogP contribution in [0.15, 0.2) is 48.5 Å². The van der Waals surface area contributed by atoms with E-state index in [0.717, 1.165) is 11.3 Å². The first-order valence-corrected chi connectivity index (χ1v) is 9.35. The van der Waals surface area contributed by atoms with Gasteiger partial charge in [0.15, 0.2) is 5.78 Å². The van der Waals surface area contributed by atoms with Gasteiger partial charge < -0.3 is 14.2 Å². The molecule has 0 spiro atoms. The average molecular weight is 383 g/mol. The van der Waals surface area contributed by atoms with Crippen molar-refractivity contribution in [2.45, 2.75) is 52.7 Å². The molecule has 4 heteroatoms. The number of carbonyl (C=O) groups excluding carboxylic acids is 1. The van der Waals surface area contributed by atoms with Crippen LogP contribution in [0.5, 0.6) is 17.2 Å². The molecule has 0 atom stereocenters. The minimum absolute atomic E-state index is 0.0912. The lowest BCUT2D eigenvalue weighted by Crippen LogP contribution is -2.24. The largest absolute Gasteiger partial charge is 0.497 e. The molecule has 0 radical (unpaired) electrons. The Bertz CT molecular complexity index is 834. The molecule has 0 saturated heterocycles. The summed E-state index contributed by atoms with van der Waals surface area (Å²) in [5.41, 5.74) is 0.720. The average Bonchev–Trinajstić information content (AvgIpc) is 2.59. The van der Waals surface area contributed by atoms with Gasteiger partial charge in [-0.2, -0.15) is 0 Å². The lowest BCUT2D eigenvalue weighted by atomic mass is 10.1. The second-order valence-electron chi connectivity index (χ2n) is 8.55. The number of hydrogen-bond acceptors (Lipinski definition) is 4. The van der Waals surface area contributed by atoms with Crippen molar-refractivity contribution in [3.05, 3.63) is 59.7 Å². The number of benzene rings is 2. The fraction of sp³-hybridized carbons (Fsp3) is 0.375. The van der Waals surface area contributed by atoms with Gasteiger partial charge in [0.2, 0.25) is 0 Å². The quantitative estimate of drug-likeness (QED) is 0.458. The highest BCUT2D eigenvalue weighted by atomic mass is 16.5. The maximum atomic E-state index is 12.5. The van der Waals surface area contributed by atoms with Crippen LogP contribution in [0.4, 0.5) is 0 Å². The van der Waals surface area contributed by atoms with Crippen molar-refractivity contribution >= 4 is 11.9 Å². The Labute approximate surface area is 168 Å². The molecule has 0 bridgehead atoms. The predicted octanol–water partition coefficient (Wildman–Crippen LogP) is 5.95. The second kappa shape index (κ2) is 8.51. The van der Waals surface area contributed by atoms with Gasteiger partial charge >= 0.3 is 0 Å². The maximum Gasteiger partial charge on any atom is 0.185 e. The number of ketones is 1. The molecule has 0 amide bonds. The third-order valence-electron chi connectivity index (χ3n) is 3.61. The van der Waals surface area contributed by atoms with E-state index >= 15 is 0 Å². The van der Waals surface area contributed by atoms with E-state index in [1.54, 1.807) is 43.5 Å². The molecule has 0 N–H and O–H groups in total. The van der Waals surface area contributed by atoms with Gasteiger partial charge in [-0.1, -0.05) is 0 Å². The van der Waals surface area contributed by atoms with Crippen molar-refractivity contribution < 1.29 is 19.0 Å². The highest BCUT2D eigenvalue weighted by molar-refractivity contribution is 6.07. The summed E-state index contributed by atoms with van der Waals surface area (Å²) in [6, 6.07) is 12.7. The lowest BCUT2D eigenvalue weighted by Gasteiger charge is -2.25. The Morgan fingerprint density at radius 3 is 1.93 bits per heavy atom. The van der Waals surface area contributed by atoms with Gasteiger partial charge in [0.05, 0.1) is 7.11 Å². The van der Waals surface area contributed by atoms with Crippen LogP contribution in [0, 0.1) is 0 Å². The van der Waals surface area contributed by atoms with Gasteiger partial charge in [-0.3, -0.25) is 4.79 Å². The summed E-state index contributed by atoms with van der Waals surface area (Å²) in [5.74, 6) is 2.05. The molecular weight excluding hydrogens is 352 g/mol. The molecule has 0 aliphatic rings. The molecule has 2 aromatic rings. The molecular formula is C24H30O4. The third-order valence-corrected chi connectivity index (χ3v) is 3.61. The van der Waals surface area contributed by atoms with E-state index in [-0.39, 0.29) is 17.0 Å². The van der Waals surface area contributed by atoms with E-state index in [1.807, 2.05) is 59.7 Å². The van der Waals surface area contributed by atoms with Crippen LogP contribution in [0.3, 0.4) is 0 Å². The zero-order valence-corrected chi connectivity index (χ0v) is 17.8. The van der Waals surface area contributed by atoms with Crippen molar-refractivity contribution in [2.75, 3.05) is 7.11 Å². The number of methoxy groups -OCH3 is 1. The van der Waals surface area contributed by atoms with Crippen LogP contribution in [0.25, 0.3) is 6.08 Å². The number of carbonyl (C=O) groups is 1. The Kier molecular flexibility index (Phi) is 6.55. The van der Waals surface area contributed by atoms with Crippen molar-refractivity contribution in [3.63, 3.8) is 0 Å². The minimum atomic E-state index is -0.352. The van der Waals surface area contributed by atoms with Crippen LogP contribution in [-0.2, 0) is 0 Å². The Morgan fingerprint density at radius 1 is 0.821 bits per heavy atom. The van der Waals surface area contributed by atoms with Crippen molar-refractivity contribution in [2.24, 2.45) is 0 Å². The maximum absolute atomic E-state index is 12.5. The monoisotopic (exact) mass is 382 g/mol. The second-order valence-corrected chi connectivity index (χ2v) is 8.55. The van der Waals surface area contributed by atoms with E-state index in [9.17, 15) is 4.79 Å². The first kappa shape index (κ1) is 21.5. The van der Waals surface area contributed by atoms with Gasteiger partial charge in [0, 0.05) is 11.1 Å². The summed E-state index contributed by atoms with van der Waals surface area (Å²) in [7, 11) is 1.60. The van der Waals surface area contributed by atoms with E-state index in [2.05, 4.69) is 0 Å². The summed E-state index contributed by atoms with van der Waals surface area (Å²) in [6.45, 7) is 12.0. The molecule has 0 saturated carbocycles. The molecule has 0 unspecified atom stereocenters. The first-order chi connectivity index (χ1) is 13.0. The van der Waals surface area contributed by atoms with Crippen molar-refractivity contribution in [1.82, 2.24) is 0 Å². The highest BCUT2D eigenvalue weighted by Crippen LogP contribution is 2.30. The van der Waals surface area contributed by atoms with Crippen LogP contribution in [0.1, 0.15) is 57.5 Å². The molecule has 150 valence electrons. The fourth-order valence-corrected chi connectivity index (χ4v) is 2.51. The minimum Gasteiger partial charge on any atom is -0.497 e.